The van der Waals surface area contributed by atoms with Crippen molar-refractivity contribution >= 4 is 28.0 Å². The summed E-state index contributed by atoms with van der Waals surface area (Å²) in [5.41, 5.74) is 11.6. The number of nitrogens with one attached hydrogen (secondary N) is 1. The summed E-state index contributed by atoms with van der Waals surface area (Å²) < 4.78 is 0. The topological polar surface area (TPSA) is 90.5 Å². The molecule has 6 nitrogen and oxygen atoms in total. The maximum Gasteiger partial charge on any atom is 0.199 e. The Labute approximate surface area is 181 Å². The number of nitrogens with zero attached hydrogens (tertiary/aromatic N) is 3. The minimum absolute atomic E-state index is 0.0638. The van der Waals surface area contributed by atoms with Gasteiger partial charge in [0.05, 0.1) is 22.5 Å². The average molecular weight is 412 g/mol. The number of H-pyrrole nitrogens is 1. The van der Waals surface area contributed by atoms with Crippen LogP contribution >= 0.6 is 0 Å². The first-order valence-corrected chi connectivity index (χ1v) is 10.6. The van der Waals surface area contributed by atoms with Gasteiger partial charge in [-0.15, -0.1) is 0 Å². The second-order valence-corrected chi connectivity index (χ2v) is 8.01. The lowest BCUT2D eigenvalue weighted by molar-refractivity contribution is 0.331. The maximum atomic E-state index is 10.7. The van der Waals surface area contributed by atoms with Crippen LogP contribution in [0.5, 0.6) is 5.88 Å². The number of aromatic hydroxyl groups is 1. The first-order valence-electron chi connectivity index (χ1n) is 10.6. The number of hydrogen-bond donors (Lipinski definition) is 3. The van der Waals surface area contributed by atoms with Crippen LogP contribution in [0.1, 0.15) is 29.5 Å². The molecule has 6 heteroatoms. The van der Waals surface area contributed by atoms with E-state index in [-0.39, 0.29) is 5.88 Å². The van der Waals surface area contributed by atoms with E-state index in [0.717, 1.165) is 28.7 Å². The summed E-state index contributed by atoms with van der Waals surface area (Å²) in [6, 6.07) is 17.7. The molecule has 0 aliphatic carbocycles. The van der Waals surface area contributed by atoms with Crippen molar-refractivity contribution in [3.63, 3.8) is 0 Å². The molecule has 31 heavy (non-hydrogen) atoms. The summed E-state index contributed by atoms with van der Waals surface area (Å²) in [5.74, 6) is 0.0638. The van der Waals surface area contributed by atoms with Crippen molar-refractivity contribution in [2.45, 2.75) is 19.4 Å². The molecule has 0 spiro atoms. The number of nitrogen functional groups attached to an aromatic ring is 1. The van der Waals surface area contributed by atoms with Crippen LogP contribution in [0.2, 0.25) is 0 Å². The summed E-state index contributed by atoms with van der Waals surface area (Å²) in [5, 5.41) is 11.6. The number of anilines is 1. The number of benzene rings is 2. The molecule has 0 amide bonds. The Bertz CT molecular complexity index is 1220. The van der Waals surface area contributed by atoms with Gasteiger partial charge in [0.2, 0.25) is 0 Å². The van der Waals surface area contributed by atoms with Crippen LogP contribution in [0.3, 0.4) is 0 Å². The Balaban J connectivity index is 1.56. The molecule has 156 valence electrons. The van der Waals surface area contributed by atoms with Crippen molar-refractivity contribution in [1.29, 1.82) is 0 Å². The fourth-order valence-electron chi connectivity index (χ4n) is 4.21. The highest BCUT2D eigenvalue weighted by Gasteiger charge is 2.19. The predicted molar refractivity (Wildman–Crippen MR) is 125 cm³/mol. The van der Waals surface area contributed by atoms with E-state index in [1.807, 2.05) is 42.5 Å². The van der Waals surface area contributed by atoms with Crippen molar-refractivity contribution in [3.05, 3.63) is 83.7 Å². The molecule has 1 fully saturated rings. The Morgan fingerprint density at radius 2 is 1.90 bits per heavy atom. The lowest BCUT2D eigenvalue weighted by Gasteiger charge is -2.14. The summed E-state index contributed by atoms with van der Waals surface area (Å²) in [6.45, 7) is 3.33. The lowest BCUT2D eigenvalue weighted by Crippen LogP contribution is -2.18. The number of rotatable bonds is 5. The van der Waals surface area contributed by atoms with Crippen molar-refractivity contribution in [2.75, 3.05) is 18.8 Å². The summed E-state index contributed by atoms with van der Waals surface area (Å²) >= 11 is 0. The minimum Gasteiger partial charge on any atom is -0.494 e. The van der Waals surface area contributed by atoms with E-state index in [4.69, 9.17) is 10.7 Å². The Morgan fingerprint density at radius 1 is 1.10 bits per heavy atom. The lowest BCUT2D eigenvalue weighted by atomic mass is 10.0. The third kappa shape index (κ3) is 4.02. The molecule has 1 aliphatic rings. The zero-order valence-electron chi connectivity index (χ0n) is 17.3. The molecule has 5 rings (SSSR count). The number of pyridine rings is 1. The third-order valence-corrected chi connectivity index (χ3v) is 5.76. The fourth-order valence-corrected chi connectivity index (χ4v) is 4.21. The summed E-state index contributed by atoms with van der Waals surface area (Å²) in [4.78, 5) is 14.7. The van der Waals surface area contributed by atoms with Gasteiger partial charge in [0.25, 0.3) is 0 Å². The number of aromatic amines is 1. The quantitative estimate of drug-likeness (QED) is 0.330. The molecule has 0 unspecified atom stereocenters. The van der Waals surface area contributed by atoms with E-state index in [0.29, 0.717) is 17.0 Å². The van der Waals surface area contributed by atoms with Gasteiger partial charge < -0.3 is 15.8 Å². The molecule has 4 aromatic rings. The highest BCUT2D eigenvalue weighted by atomic mass is 16.3. The molecule has 0 saturated carbocycles. The van der Waals surface area contributed by atoms with Gasteiger partial charge in [-0.05, 0) is 74.0 Å². The Hall–Kier alpha value is -3.64. The minimum atomic E-state index is 0.0638. The van der Waals surface area contributed by atoms with Crippen LogP contribution in [-0.4, -0.2) is 38.8 Å². The van der Waals surface area contributed by atoms with Crippen LogP contribution in [-0.2, 0) is 6.54 Å². The van der Waals surface area contributed by atoms with Gasteiger partial charge in [0.1, 0.15) is 0 Å². The molecule has 1 saturated heterocycles. The van der Waals surface area contributed by atoms with Crippen molar-refractivity contribution in [2.24, 2.45) is 4.99 Å². The molecule has 1 aliphatic heterocycles. The molecule has 2 aromatic carbocycles. The van der Waals surface area contributed by atoms with Crippen LogP contribution in [0.4, 0.5) is 11.4 Å². The second kappa shape index (κ2) is 8.24. The van der Waals surface area contributed by atoms with Gasteiger partial charge in [-0.2, -0.15) is 0 Å². The SMILES string of the molecule is Nc1ccc2c(C(=Nc3ccc(CN4CCCC4)cc3)c3cccnc3)c(O)[nH]c2c1. The van der Waals surface area contributed by atoms with Crippen molar-refractivity contribution in [3.8, 4) is 5.88 Å². The van der Waals surface area contributed by atoms with Crippen LogP contribution in [0, 0.1) is 0 Å². The molecule has 0 atom stereocenters. The van der Waals surface area contributed by atoms with Gasteiger partial charge in [-0.25, -0.2) is 4.99 Å². The normalized spacial score (nSPS) is 15.0. The van der Waals surface area contributed by atoms with Crippen LogP contribution in [0.25, 0.3) is 10.9 Å². The summed E-state index contributed by atoms with van der Waals surface area (Å²) in [7, 11) is 0. The number of nitrogens with two attached hydrogens (primary N) is 1. The third-order valence-electron chi connectivity index (χ3n) is 5.76. The van der Waals surface area contributed by atoms with Gasteiger partial charge in [0.15, 0.2) is 5.88 Å². The Morgan fingerprint density at radius 3 is 2.65 bits per heavy atom. The second-order valence-electron chi connectivity index (χ2n) is 8.01. The number of aromatic nitrogens is 2. The first kappa shape index (κ1) is 19.3. The average Bonchev–Trinajstić information content (AvgIpc) is 3.40. The zero-order valence-corrected chi connectivity index (χ0v) is 17.3. The van der Waals surface area contributed by atoms with E-state index in [1.165, 1.54) is 31.5 Å². The number of aliphatic imine (C=N–C) groups is 1. The molecule has 4 N–H and O–H groups in total. The molecular formula is C25H25N5O. The van der Waals surface area contributed by atoms with Crippen LogP contribution < -0.4 is 5.73 Å². The van der Waals surface area contributed by atoms with Gasteiger partial charge in [0, 0.05) is 35.6 Å². The van der Waals surface area contributed by atoms with Gasteiger partial charge in [-0.1, -0.05) is 12.1 Å². The highest BCUT2D eigenvalue weighted by molar-refractivity contribution is 6.21. The standard InChI is InChI=1S/C25H25N5O/c26-19-7-10-21-22(14-19)29-25(31)23(21)24(18-4-3-11-27-15-18)28-20-8-5-17(6-9-20)16-30-12-1-2-13-30/h3-11,14-15,29,31H,1-2,12-13,16,26H2. The molecule has 0 bridgehead atoms. The molecule has 0 radical (unpaired) electrons. The smallest absolute Gasteiger partial charge is 0.199 e. The number of fused-ring (bicyclic) bond motifs is 1. The number of hydrogen-bond acceptors (Lipinski definition) is 5. The first-order chi connectivity index (χ1) is 15.2. The largest absolute Gasteiger partial charge is 0.494 e. The van der Waals surface area contributed by atoms with Gasteiger partial charge >= 0.3 is 0 Å². The predicted octanol–water partition coefficient (Wildman–Crippen LogP) is 4.62. The Kier molecular flexibility index (Phi) is 5.14. The van der Waals surface area contributed by atoms with E-state index < -0.39 is 0 Å². The monoisotopic (exact) mass is 411 g/mol. The number of likely N-dealkylation sites (tertiary alicyclic amines) is 1. The maximum absolute atomic E-state index is 10.7. The molecule has 3 heterocycles. The van der Waals surface area contributed by atoms with Gasteiger partial charge in [-0.3, -0.25) is 9.88 Å². The molecule has 2 aromatic heterocycles. The molecular weight excluding hydrogens is 386 g/mol. The zero-order chi connectivity index (χ0) is 21.2. The van der Waals surface area contributed by atoms with Crippen molar-refractivity contribution in [1.82, 2.24) is 14.9 Å². The highest BCUT2D eigenvalue weighted by Crippen LogP contribution is 2.32. The van der Waals surface area contributed by atoms with E-state index in [9.17, 15) is 5.11 Å². The van der Waals surface area contributed by atoms with E-state index >= 15 is 0 Å². The fraction of sp³-hybridized carbons (Fsp3) is 0.200. The summed E-state index contributed by atoms with van der Waals surface area (Å²) in [6.07, 6.45) is 6.06. The van der Waals surface area contributed by atoms with E-state index in [2.05, 4.69) is 27.0 Å². The van der Waals surface area contributed by atoms with E-state index in [1.54, 1.807) is 12.4 Å². The van der Waals surface area contributed by atoms with Crippen LogP contribution in [0.15, 0.2) is 72.0 Å². The van der Waals surface area contributed by atoms with Crippen molar-refractivity contribution < 1.29 is 5.11 Å².